The van der Waals surface area contributed by atoms with Gasteiger partial charge in [-0.3, -0.25) is 9.59 Å². The van der Waals surface area contributed by atoms with Crippen LogP contribution in [0.5, 0.6) is 34.5 Å². The van der Waals surface area contributed by atoms with Gasteiger partial charge in [-0.1, -0.05) is 0 Å². The van der Waals surface area contributed by atoms with Gasteiger partial charge in [-0.15, -0.1) is 0 Å². The lowest BCUT2D eigenvalue weighted by Crippen LogP contribution is -2.06. The summed E-state index contributed by atoms with van der Waals surface area (Å²) in [5, 5.41) is 41.3. The summed E-state index contributed by atoms with van der Waals surface area (Å²) in [6.45, 7) is 0. The van der Waals surface area contributed by atoms with Gasteiger partial charge in [0, 0.05) is 24.3 Å². The van der Waals surface area contributed by atoms with E-state index in [0.717, 1.165) is 6.07 Å². The quantitative estimate of drug-likeness (QED) is 0.302. The van der Waals surface area contributed by atoms with E-state index in [4.69, 9.17) is 18.3 Å². The molecular formula is C22H14O10. The first-order valence-electron chi connectivity index (χ1n) is 9.15. The fourth-order valence-electron chi connectivity index (χ4n) is 3.78. The number of aromatic hydroxyl groups is 4. The SMILES string of the molecule is COc1cc(O)c2c(O)c3c(=O)c4oc5cc(OC)cc(=O)c5c(O)c4c(O)c3oc2c1. The van der Waals surface area contributed by atoms with Crippen LogP contribution in [-0.4, -0.2) is 34.6 Å². The molecule has 10 heteroatoms. The van der Waals surface area contributed by atoms with Crippen LogP contribution in [0.15, 0.2) is 42.7 Å². The number of hydrogen-bond donors (Lipinski definition) is 4. The molecule has 162 valence electrons. The van der Waals surface area contributed by atoms with Crippen molar-refractivity contribution in [1.82, 2.24) is 0 Å². The molecule has 0 fully saturated rings. The van der Waals surface area contributed by atoms with Crippen molar-refractivity contribution in [1.29, 1.82) is 0 Å². The number of benzene rings is 3. The molecule has 0 atom stereocenters. The Balaban J connectivity index is 2.06. The van der Waals surface area contributed by atoms with Crippen molar-refractivity contribution in [3.05, 3.63) is 44.7 Å². The minimum atomic E-state index is -0.946. The van der Waals surface area contributed by atoms with Crippen LogP contribution in [0, 0.1) is 0 Å². The van der Waals surface area contributed by atoms with E-state index in [1.165, 1.54) is 32.4 Å². The van der Waals surface area contributed by atoms with Crippen molar-refractivity contribution in [2.24, 2.45) is 0 Å². The molecule has 10 nitrogen and oxygen atoms in total. The maximum atomic E-state index is 13.2. The van der Waals surface area contributed by atoms with Gasteiger partial charge in [-0.05, 0) is 0 Å². The predicted octanol–water partition coefficient (Wildman–Crippen LogP) is 3.05. The highest BCUT2D eigenvalue weighted by atomic mass is 16.5. The summed E-state index contributed by atoms with van der Waals surface area (Å²) in [6.07, 6.45) is 0. The zero-order valence-electron chi connectivity index (χ0n) is 16.5. The van der Waals surface area contributed by atoms with Crippen molar-refractivity contribution < 1.29 is 38.7 Å². The summed E-state index contributed by atoms with van der Waals surface area (Å²) in [6, 6.07) is 4.94. The maximum Gasteiger partial charge on any atom is 0.236 e. The molecule has 5 aromatic rings. The molecule has 2 aromatic heterocycles. The van der Waals surface area contributed by atoms with Gasteiger partial charge >= 0.3 is 0 Å². The summed E-state index contributed by atoms with van der Waals surface area (Å²) in [4.78, 5) is 25.7. The smallest absolute Gasteiger partial charge is 0.236 e. The Morgan fingerprint density at radius 2 is 1.22 bits per heavy atom. The second-order valence-corrected chi connectivity index (χ2v) is 7.01. The van der Waals surface area contributed by atoms with E-state index in [0.29, 0.717) is 0 Å². The number of phenolic OH excluding ortho intramolecular Hbond substituents is 2. The van der Waals surface area contributed by atoms with Gasteiger partial charge in [-0.2, -0.15) is 0 Å². The van der Waals surface area contributed by atoms with Crippen molar-refractivity contribution >= 4 is 43.9 Å². The molecule has 3 aromatic carbocycles. The first-order chi connectivity index (χ1) is 15.3. The third-order valence-electron chi connectivity index (χ3n) is 5.28. The molecule has 32 heavy (non-hydrogen) atoms. The van der Waals surface area contributed by atoms with E-state index in [2.05, 4.69) is 0 Å². The van der Waals surface area contributed by atoms with Crippen molar-refractivity contribution in [3.63, 3.8) is 0 Å². The average molecular weight is 438 g/mol. The fraction of sp³-hybridized carbons (Fsp3) is 0.0909. The molecule has 4 N–H and O–H groups in total. The number of rotatable bonds is 2. The molecule has 0 bridgehead atoms. The van der Waals surface area contributed by atoms with Gasteiger partial charge in [0.2, 0.25) is 5.43 Å². The zero-order valence-corrected chi connectivity index (χ0v) is 16.5. The molecule has 2 heterocycles. The standard InChI is InChI=1S/C22H14O10/c1-29-7-3-9(23)13-11(5-7)31-21-15(17(13)25)20(28)22-16(19(21)27)18(26)14-10(24)4-8(30-2)6-12(14)32-22/h3-6,23,25-27H,1-2H3. The van der Waals surface area contributed by atoms with E-state index in [1.54, 1.807) is 0 Å². The van der Waals surface area contributed by atoms with Crippen LogP contribution in [0.4, 0.5) is 0 Å². The lowest BCUT2D eigenvalue weighted by atomic mass is 10.0. The summed E-state index contributed by atoms with van der Waals surface area (Å²) >= 11 is 0. The van der Waals surface area contributed by atoms with Gasteiger partial charge < -0.3 is 38.7 Å². The number of fused-ring (bicyclic) bond motifs is 4. The van der Waals surface area contributed by atoms with Crippen molar-refractivity contribution in [3.8, 4) is 34.5 Å². The van der Waals surface area contributed by atoms with E-state index in [9.17, 15) is 30.0 Å². The van der Waals surface area contributed by atoms with Gasteiger partial charge in [0.25, 0.3) is 0 Å². The second kappa shape index (κ2) is 6.45. The Morgan fingerprint density at radius 1 is 0.656 bits per heavy atom. The van der Waals surface area contributed by atoms with Gasteiger partial charge in [0.1, 0.15) is 61.5 Å². The van der Waals surface area contributed by atoms with E-state index < -0.39 is 55.8 Å². The highest BCUT2D eigenvalue weighted by molar-refractivity contribution is 6.12. The third kappa shape index (κ3) is 2.40. The van der Waals surface area contributed by atoms with E-state index >= 15 is 0 Å². The zero-order chi connectivity index (χ0) is 22.9. The predicted molar refractivity (Wildman–Crippen MR) is 113 cm³/mol. The van der Waals surface area contributed by atoms with Crippen molar-refractivity contribution in [2.45, 2.75) is 0 Å². The molecule has 0 unspecified atom stereocenters. The summed E-state index contributed by atoms with van der Waals surface area (Å²) in [5.74, 6) is -2.23. The van der Waals surface area contributed by atoms with E-state index in [-0.39, 0.29) is 33.4 Å². The largest absolute Gasteiger partial charge is 0.507 e. The average Bonchev–Trinajstić information content (AvgIpc) is 2.76. The fourth-order valence-corrected chi connectivity index (χ4v) is 3.78. The lowest BCUT2D eigenvalue weighted by molar-refractivity contribution is 0.407. The van der Waals surface area contributed by atoms with Gasteiger partial charge in [0.05, 0.1) is 14.2 Å². The highest BCUT2D eigenvalue weighted by Crippen LogP contribution is 2.46. The van der Waals surface area contributed by atoms with Crippen LogP contribution in [0.1, 0.15) is 0 Å². The Labute approximate surface area is 176 Å². The topological polar surface area (TPSA) is 160 Å². The van der Waals surface area contributed by atoms with Crippen LogP contribution in [-0.2, 0) is 0 Å². The van der Waals surface area contributed by atoms with Gasteiger partial charge in [0.15, 0.2) is 22.3 Å². The molecule has 0 aliphatic rings. The number of hydrogen-bond acceptors (Lipinski definition) is 10. The van der Waals surface area contributed by atoms with Crippen LogP contribution in [0.2, 0.25) is 0 Å². The lowest BCUT2D eigenvalue weighted by Gasteiger charge is -2.12. The van der Waals surface area contributed by atoms with Gasteiger partial charge in [-0.25, -0.2) is 0 Å². The molecule has 0 saturated heterocycles. The first-order valence-corrected chi connectivity index (χ1v) is 9.15. The Morgan fingerprint density at radius 3 is 1.88 bits per heavy atom. The number of ether oxygens (including phenoxy) is 2. The van der Waals surface area contributed by atoms with Crippen LogP contribution in [0.25, 0.3) is 43.9 Å². The highest BCUT2D eigenvalue weighted by Gasteiger charge is 2.26. The monoisotopic (exact) mass is 438 g/mol. The van der Waals surface area contributed by atoms with Crippen LogP contribution < -0.4 is 20.3 Å². The molecule has 0 saturated carbocycles. The Bertz CT molecular complexity index is 1730. The normalized spacial score (nSPS) is 11.6. The van der Waals surface area contributed by atoms with Crippen LogP contribution >= 0.6 is 0 Å². The summed E-state index contributed by atoms with van der Waals surface area (Å²) in [7, 11) is 2.67. The summed E-state index contributed by atoms with van der Waals surface area (Å²) < 4.78 is 21.2. The molecule has 0 spiro atoms. The second-order valence-electron chi connectivity index (χ2n) is 7.01. The Hall–Kier alpha value is -4.60. The molecule has 0 aliphatic heterocycles. The van der Waals surface area contributed by atoms with Crippen molar-refractivity contribution in [2.75, 3.05) is 14.2 Å². The number of methoxy groups -OCH3 is 2. The van der Waals surface area contributed by atoms with E-state index in [1.807, 2.05) is 0 Å². The molecule has 0 radical (unpaired) electrons. The first kappa shape index (κ1) is 19.4. The molecule has 5 rings (SSSR count). The Kier molecular flexibility index (Phi) is 3.90. The number of phenols is 2. The minimum absolute atomic E-state index is 0.104. The summed E-state index contributed by atoms with van der Waals surface area (Å²) in [5.41, 5.74) is -2.90. The van der Waals surface area contributed by atoms with Crippen LogP contribution in [0.3, 0.4) is 0 Å². The minimum Gasteiger partial charge on any atom is -0.507 e. The maximum absolute atomic E-state index is 13.2. The molecular weight excluding hydrogens is 424 g/mol. The molecule has 0 amide bonds. The third-order valence-corrected chi connectivity index (χ3v) is 5.28. The molecule has 0 aliphatic carbocycles.